The Morgan fingerprint density at radius 3 is 2.83 bits per heavy atom. The molecule has 0 aliphatic heterocycles. The van der Waals surface area contributed by atoms with Crippen molar-refractivity contribution in [1.82, 2.24) is 9.55 Å². The number of hydrogen-bond donors (Lipinski definition) is 0. The minimum Gasteiger partial charge on any atom is -0.328 e. The second-order valence-corrected chi connectivity index (χ2v) is 5.39. The number of halogens is 1. The van der Waals surface area contributed by atoms with Gasteiger partial charge in [-0.15, -0.1) is 0 Å². The number of benzene rings is 1. The summed E-state index contributed by atoms with van der Waals surface area (Å²) in [5.74, 6) is 3.95. The Hall–Kier alpha value is -1.18. The van der Waals surface area contributed by atoms with Crippen LogP contribution in [0.3, 0.4) is 0 Å². The molecule has 0 spiro atoms. The lowest BCUT2D eigenvalue weighted by Crippen LogP contribution is -1.96. The van der Waals surface area contributed by atoms with E-state index in [4.69, 9.17) is 0 Å². The van der Waals surface area contributed by atoms with Gasteiger partial charge in [-0.05, 0) is 40.2 Å². The zero-order chi connectivity index (χ0) is 13.1. The number of fused-ring (bicyclic) bond motifs is 1. The van der Waals surface area contributed by atoms with Crippen molar-refractivity contribution in [2.75, 3.05) is 0 Å². The van der Waals surface area contributed by atoms with Crippen molar-refractivity contribution in [2.45, 2.75) is 20.4 Å². The summed E-state index contributed by atoms with van der Waals surface area (Å²) >= 11 is 2.11. The second-order valence-electron chi connectivity index (χ2n) is 3.71. The molecule has 2 aromatic rings. The SMILES string of the molecule is CCn1c(C)nc2cc(C#CSI)c(C#N)cc21. The number of hydrogen-bond acceptors (Lipinski definition) is 3. The predicted octanol–water partition coefficient (Wildman–Crippen LogP) is 3.63. The molecule has 0 aliphatic carbocycles. The van der Waals surface area contributed by atoms with E-state index in [9.17, 15) is 5.26 Å². The van der Waals surface area contributed by atoms with Crippen molar-refractivity contribution in [3.05, 3.63) is 29.1 Å². The molecule has 1 heterocycles. The molecule has 5 heteroatoms. The smallest absolute Gasteiger partial charge is 0.106 e. The summed E-state index contributed by atoms with van der Waals surface area (Å²) in [6.07, 6.45) is 0. The van der Waals surface area contributed by atoms with Gasteiger partial charge in [0.25, 0.3) is 0 Å². The molecule has 1 aromatic carbocycles. The second kappa shape index (κ2) is 5.64. The van der Waals surface area contributed by atoms with Crippen molar-refractivity contribution >= 4 is 41.2 Å². The third-order valence-electron chi connectivity index (χ3n) is 2.74. The van der Waals surface area contributed by atoms with Crippen LogP contribution in [0.15, 0.2) is 12.1 Å². The van der Waals surface area contributed by atoms with Crippen molar-refractivity contribution < 1.29 is 0 Å². The number of aromatic nitrogens is 2. The molecule has 0 bridgehead atoms. The molecular weight excluding hydrogens is 357 g/mol. The van der Waals surface area contributed by atoms with E-state index in [0.29, 0.717) is 5.56 Å². The van der Waals surface area contributed by atoms with Crippen LogP contribution in [0.4, 0.5) is 0 Å². The molecule has 0 unspecified atom stereocenters. The van der Waals surface area contributed by atoms with E-state index in [0.717, 1.165) is 29.0 Å². The molecule has 1 aromatic heterocycles. The Morgan fingerprint density at radius 2 is 2.22 bits per heavy atom. The van der Waals surface area contributed by atoms with Gasteiger partial charge in [0.2, 0.25) is 0 Å². The summed E-state index contributed by atoms with van der Waals surface area (Å²) < 4.78 is 2.10. The molecule has 90 valence electrons. The van der Waals surface area contributed by atoms with Crippen molar-refractivity contribution in [1.29, 1.82) is 5.26 Å². The van der Waals surface area contributed by atoms with Crippen LogP contribution in [0, 0.1) is 29.4 Å². The Kier molecular flexibility index (Phi) is 4.15. The molecular formula is C13H10IN3S. The van der Waals surface area contributed by atoms with Gasteiger partial charge >= 0.3 is 0 Å². The number of nitriles is 1. The normalized spacial score (nSPS) is 9.89. The lowest BCUT2D eigenvalue weighted by molar-refractivity contribution is 0.753. The first kappa shape index (κ1) is 13.3. The Labute approximate surface area is 122 Å². The van der Waals surface area contributed by atoms with Gasteiger partial charge in [-0.3, -0.25) is 0 Å². The summed E-state index contributed by atoms with van der Waals surface area (Å²) in [4.78, 5) is 4.51. The Morgan fingerprint density at radius 1 is 1.44 bits per heavy atom. The fraction of sp³-hybridized carbons (Fsp3) is 0.231. The lowest BCUT2D eigenvalue weighted by Gasteiger charge is -2.02. The third kappa shape index (κ3) is 2.33. The maximum Gasteiger partial charge on any atom is 0.106 e. The van der Waals surface area contributed by atoms with Gasteiger partial charge in [-0.2, -0.15) is 5.26 Å². The molecule has 0 saturated carbocycles. The third-order valence-corrected chi connectivity index (χ3v) is 3.58. The zero-order valence-corrected chi connectivity index (χ0v) is 13.0. The fourth-order valence-corrected chi connectivity index (χ4v) is 2.44. The molecule has 0 saturated heterocycles. The number of aryl methyl sites for hydroxylation is 2. The predicted molar refractivity (Wildman–Crippen MR) is 83.3 cm³/mol. The molecule has 3 nitrogen and oxygen atoms in total. The Bertz CT molecular complexity index is 701. The minimum absolute atomic E-state index is 0.607. The first-order valence-corrected chi connectivity index (χ1v) is 8.76. The lowest BCUT2D eigenvalue weighted by atomic mass is 10.1. The standard InChI is InChI=1S/C13H10IN3S/c1-3-17-9(2)16-12-6-10(4-5-18-14)11(8-15)7-13(12)17/h6-7H,3H2,1-2H3. The van der Waals surface area contributed by atoms with Gasteiger partial charge in [0.05, 0.1) is 16.6 Å². The summed E-state index contributed by atoms with van der Waals surface area (Å²) in [6, 6.07) is 5.97. The van der Waals surface area contributed by atoms with Crippen LogP contribution in [0.1, 0.15) is 23.9 Å². The fourth-order valence-electron chi connectivity index (χ4n) is 1.96. The average molecular weight is 367 g/mol. The monoisotopic (exact) mass is 367 g/mol. The quantitative estimate of drug-likeness (QED) is 0.571. The molecule has 0 aliphatic rings. The van der Waals surface area contributed by atoms with Gasteiger partial charge in [0, 0.05) is 33.3 Å². The van der Waals surface area contributed by atoms with Crippen LogP contribution >= 0.6 is 30.1 Å². The van der Waals surface area contributed by atoms with Crippen LogP contribution in [0.2, 0.25) is 0 Å². The number of imidazole rings is 1. The Balaban J connectivity index is 2.73. The van der Waals surface area contributed by atoms with Gasteiger partial charge in [-0.1, -0.05) is 5.92 Å². The molecule has 2 rings (SSSR count). The average Bonchev–Trinajstić information content (AvgIpc) is 2.69. The summed E-state index contributed by atoms with van der Waals surface area (Å²) in [6.45, 7) is 4.89. The van der Waals surface area contributed by atoms with Crippen LogP contribution < -0.4 is 0 Å². The van der Waals surface area contributed by atoms with Gasteiger partial charge in [0.15, 0.2) is 0 Å². The van der Waals surface area contributed by atoms with E-state index in [1.165, 1.54) is 8.93 Å². The summed E-state index contributed by atoms with van der Waals surface area (Å²) in [5, 5.41) is 12.1. The maximum absolute atomic E-state index is 9.19. The van der Waals surface area contributed by atoms with Crippen molar-refractivity contribution in [2.24, 2.45) is 0 Å². The number of rotatable bonds is 1. The van der Waals surface area contributed by atoms with E-state index in [1.54, 1.807) is 0 Å². The van der Waals surface area contributed by atoms with E-state index in [-0.39, 0.29) is 0 Å². The highest BCUT2D eigenvalue weighted by atomic mass is 127. The van der Waals surface area contributed by atoms with Crippen molar-refractivity contribution in [3.8, 4) is 17.2 Å². The van der Waals surface area contributed by atoms with Crippen LogP contribution in [-0.4, -0.2) is 9.55 Å². The largest absolute Gasteiger partial charge is 0.328 e. The van der Waals surface area contributed by atoms with Gasteiger partial charge < -0.3 is 4.57 Å². The van der Waals surface area contributed by atoms with Crippen LogP contribution in [0.5, 0.6) is 0 Å². The molecule has 0 atom stereocenters. The summed E-state index contributed by atoms with van der Waals surface area (Å²) in [5.41, 5.74) is 3.25. The highest BCUT2D eigenvalue weighted by Crippen LogP contribution is 2.21. The first-order valence-electron chi connectivity index (χ1n) is 5.40. The molecule has 0 amide bonds. The van der Waals surface area contributed by atoms with Gasteiger partial charge in [-0.25, -0.2) is 4.98 Å². The molecule has 0 fully saturated rings. The number of nitrogens with zero attached hydrogens (tertiary/aromatic N) is 3. The maximum atomic E-state index is 9.19. The minimum atomic E-state index is 0.607. The van der Waals surface area contributed by atoms with Crippen molar-refractivity contribution in [3.63, 3.8) is 0 Å². The molecule has 18 heavy (non-hydrogen) atoms. The highest BCUT2D eigenvalue weighted by Gasteiger charge is 2.10. The van der Waals surface area contributed by atoms with Crippen LogP contribution in [0.25, 0.3) is 11.0 Å². The van der Waals surface area contributed by atoms with E-state index >= 15 is 0 Å². The van der Waals surface area contributed by atoms with E-state index in [1.807, 2.05) is 19.1 Å². The van der Waals surface area contributed by atoms with Gasteiger partial charge in [0.1, 0.15) is 11.9 Å². The highest BCUT2D eigenvalue weighted by molar-refractivity contribution is 14.2. The van der Waals surface area contributed by atoms with E-state index in [2.05, 4.69) is 54.9 Å². The molecule has 0 radical (unpaired) electrons. The summed E-state index contributed by atoms with van der Waals surface area (Å²) in [7, 11) is 1.41. The topological polar surface area (TPSA) is 41.6 Å². The molecule has 0 N–H and O–H groups in total. The zero-order valence-electron chi connectivity index (χ0n) is 9.99. The van der Waals surface area contributed by atoms with E-state index < -0.39 is 0 Å². The first-order chi connectivity index (χ1) is 8.71. The van der Waals surface area contributed by atoms with Crippen LogP contribution in [-0.2, 0) is 6.54 Å².